The number of benzene rings is 3. The van der Waals surface area contributed by atoms with Gasteiger partial charge in [-0.3, -0.25) is 9.10 Å². The van der Waals surface area contributed by atoms with Crippen molar-refractivity contribution >= 4 is 38.6 Å². The zero-order valence-corrected chi connectivity index (χ0v) is 18.1. The quantitative estimate of drug-likeness (QED) is 0.463. The Kier molecular flexibility index (Phi) is 6.52. The summed E-state index contributed by atoms with van der Waals surface area (Å²) in [6.45, 7) is 3.87. The monoisotopic (exact) mass is 423 g/mol. The second kappa shape index (κ2) is 9.09. The summed E-state index contributed by atoms with van der Waals surface area (Å²) in [4.78, 5) is 12.4. The van der Waals surface area contributed by atoms with Crippen LogP contribution in [-0.2, 0) is 14.8 Å². The fourth-order valence-electron chi connectivity index (χ4n) is 3.12. The number of sulfonamides is 1. The first-order valence-corrected chi connectivity index (χ1v) is 11.5. The lowest BCUT2D eigenvalue weighted by Crippen LogP contribution is -2.39. The molecule has 0 aliphatic carbocycles. The maximum absolute atomic E-state index is 12.4. The van der Waals surface area contributed by atoms with Crippen LogP contribution in [0.25, 0.3) is 10.8 Å². The lowest BCUT2D eigenvalue weighted by molar-refractivity contribution is -0.119. The molecule has 0 spiro atoms. The van der Waals surface area contributed by atoms with Crippen molar-refractivity contribution in [3.8, 4) is 0 Å². The molecule has 0 atom stereocenters. The molecule has 3 aromatic carbocycles. The number of carbonyl (C=O) groups is 1. The van der Waals surface area contributed by atoms with Crippen molar-refractivity contribution < 1.29 is 13.2 Å². The minimum absolute atomic E-state index is 0.365. The van der Waals surface area contributed by atoms with Crippen LogP contribution in [0.15, 0.2) is 71.8 Å². The third-order valence-corrected chi connectivity index (χ3v) is 5.86. The van der Waals surface area contributed by atoms with Crippen molar-refractivity contribution in [3.63, 3.8) is 0 Å². The van der Waals surface area contributed by atoms with E-state index in [2.05, 4.69) is 24.4 Å². The lowest BCUT2D eigenvalue weighted by atomic mass is 10.0. The number of hydrogen-bond acceptors (Lipinski definition) is 4. The van der Waals surface area contributed by atoms with Crippen LogP contribution >= 0.6 is 0 Å². The van der Waals surface area contributed by atoms with Gasteiger partial charge in [0.15, 0.2) is 0 Å². The minimum Gasteiger partial charge on any atom is -0.271 e. The van der Waals surface area contributed by atoms with Gasteiger partial charge in [-0.15, -0.1) is 0 Å². The van der Waals surface area contributed by atoms with Crippen LogP contribution in [0.4, 0.5) is 5.69 Å². The van der Waals surface area contributed by atoms with E-state index in [4.69, 9.17) is 0 Å². The van der Waals surface area contributed by atoms with Crippen LogP contribution in [0.1, 0.15) is 30.9 Å². The van der Waals surface area contributed by atoms with Crippen LogP contribution in [0, 0.1) is 0 Å². The second-order valence-corrected chi connectivity index (χ2v) is 9.29. The molecule has 156 valence electrons. The van der Waals surface area contributed by atoms with Crippen LogP contribution in [0.3, 0.4) is 0 Å². The van der Waals surface area contributed by atoms with Crippen molar-refractivity contribution in [2.24, 2.45) is 5.10 Å². The summed E-state index contributed by atoms with van der Waals surface area (Å²) in [5, 5.41) is 5.61. The SMILES string of the molecule is CC(C)c1ccc(/C=N\NC(=O)CN(c2cccc3ccccc23)S(C)(=O)=O)cc1. The third kappa shape index (κ3) is 5.24. The standard InChI is InChI=1S/C23H25N3O3S/c1-17(2)19-13-11-18(12-14-19)15-24-25-23(27)16-26(30(3,28)29)22-10-6-8-20-7-4-5-9-21(20)22/h4-15,17H,16H2,1-3H3,(H,25,27)/b24-15-. The number of anilines is 1. The summed E-state index contributed by atoms with van der Waals surface area (Å²) in [5.41, 5.74) is 4.93. The van der Waals surface area contributed by atoms with Crippen molar-refractivity contribution in [3.05, 3.63) is 77.9 Å². The summed E-state index contributed by atoms with van der Waals surface area (Å²) < 4.78 is 25.9. The summed E-state index contributed by atoms with van der Waals surface area (Å²) in [6, 6.07) is 20.7. The summed E-state index contributed by atoms with van der Waals surface area (Å²) in [6.07, 6.45) is 2.62. The highest BCUT2D eigenvalue weighted by molar-refractivity contribution is 7.92. The number of hydrogen-bond donors (Lipinski definition) is 1. The first kappa shape index (κ1) is 21.5. The molecule has 0 radical (unpaired) electrons. The molecule has 3 rings (SSSR count). The van der Waals surface area contributed by atoms with Gasteiger partial charge in [-0.2, -0.15) is 5.10 Å². The van der Waals surface area contributed by atoms with Gasteiger partial charge in [0.05, 0.1) is 18.2 Å². The first-order chi connectivity index (χ1) is 14.3. The van der Waals surface area contributed by atoms with Crippen LogP contribution in [0.2, 0.25) is 0 Å². The maximum atomic E-state index is 12.4. The third-order valence-electron chi connectivity index (χ3n) is 4.73. The van der Waals surface area contributed by atoms with Gasteiger partial charge < -0.3 is 0 Å². The highest BCUT2D eigenvalue weighted by Gasteiger charge is 2.22. The molecular formula is C23H25N3O3S. The molecule has 0 bridgehead atoms. The van der Waals surface area contributed by atoms with E-state index in [9.17, 15) is 13.2 Å². The predicted molar refractivity (Wildman–Crippen MR) is 122 cm³/mol. The number of amides is 1. The molecule has 3 aromatic rings. The summed E-state index contributed by atoms with van der Waals surface area (Å²) >= 11 is 0. The molecule has 0 aliphatic rings. The van der Waals surface area contributed by atoms with Gasteiger partial charge in [-0.25, -0.2) is 13.8 Å². The van der Waals surface area contributed by atoms with Gasteiger partial charge in [0.2, 0.25) is 10.0 Å². The van der Waals surface area contributed by atoms with E-state index in [1.54, 1.807) is 12.1 Å². The molecular weight excluding hydrogens is 398 g/mol. The van der Waals surface area contributed by atoms with E-state index in [0.717, 1.165) is 26.9 Å². The van der Waals surface area contributed by atoms with E-state index >= 15 is 0 Å². The van der Waals surface area contributed by atoms with Gasteiger partial charge >= 0.3 is 0 Å². The number of nitrogens with one attached hydrogen (secondary N) is 1. The Hall–Kier alpha value is -3.19. The highest BCUT2D eigenvalue weighted by Crippen LogP contribution is 2.28. The fraction of sp³-hybridized carbons (Fsp3) is 0.217. The van der Waals surface area contributed by atoms with Gasteiger partial charge in [0, 0.05) is 5.39 Å². The molecule has 1 amide bonds. The molecule has 1 N–H and O–H groups in total. The average molecular weight is 424 g/mol. The normalized spacial score (nSPS) is 11.9. The van der Waals surface area contributed by atoms with Crippen molar-refractivity contribution in [1.82, 2.24) is 5.43 Å². The van der Waals surface area contributed by atoms with Crippen molar-refractivity contribution in [2.75, 3.05) is 17.1 Å². The van der Waals surface area contributed by atoms with Crippen molar-refractivity contribution in [2.45, 2.75) is 19.8 Å². The van der Waals surface area contributed by atoms with E-state index in [1.165, 1.54) is 11.8 Å². The molecule has 30 heavy (non-hydrogen) atoms. The smallest absolute Gasteiger partial charge is 0.260 e. The van der Waals surface area contributed by atoms with E-state index in [1.807, 2.05) is 54.6 Å². The molecule has 0 aliphatic heterocycles. The van der Waals surface area contributed by atoms with Gasteiger partial charge in [-0.1, -0.05) is 74.5 Å². The van der Waals surface area contributed by atoms with Crippen molar-refractivity contribution in [1.29, 1.82) is 0 Å². The van der Waals surface area contributed by atoms with E-state index in [-0.39, 0.29) is 6.54 Å². The minimum atomic E-state index is -3.67. The molecule has 0 aromatic heterocycles. The highest BCUT2D eigenvalue weighted by atomic mass is 32.2. The van der Waals surface area contributed by atoms with Gasteiger partial charge in [-0.05, 0) is 28.5 Å². The Balaban J connectivity index is 1.75. The van der Waals surface area contributed by atoms with Crippen LogP contribution in [0.5, 0.6) is 0 Å². The molecule has 0 heterocycles. The molecule has 0 saturated heterocycles. The maximum Gasteiger partial charge on any atom is 0.260 e. The molecule has 6 nitrogen and oxygen atoms in total. The Morgan fingerprint density at radius 2 is 1.70 bits per heavy atom. The first-order valence-electron chi connectivity index (χ1n) is 9.63. The fourth-order valence-corrected chi connectivity index (χ4v) is 3.99. The molecule has 7 heteroatoms. The van der Waals surface area contributed by atoms with E-state index in [0.29, 0.717) is 11.6 Å². The molecule has 0 saturated carbocycles. The Morgan fingerprint density at radius 3 is 2.37 bits per heavy atom. The van der Waals surface area contributed by atoms with Crippen LogP contribution in [-0.4, -0.2) is 33.3 Å². The number of hydrazone groups is 1. The molecule has 0 unspecified atom stereocenters. The number of fused-ring (bicyclic) bond motifs is 1. The van der Waals surface area contributed by atoms with Gasteiger partial charge in [0.1, 0.15) is 6.54 Å². The number of carbonyl (C=O) groups excluding carboxylic acids is 1. The van der Waals surface area contributed by atoms with Gasteiger partial charge in [0.25, 0.3) is 5.91 Å². The number of rotatable bonds is 7. The molecule has 0 fully saturated rings. The summed E-state index contributed by atoms with van der Waals surface area (Å²) in [7, 11) is -3.67. The summed E-state index contributed by atoms with van der Waals surface area (Å²) in [5.74, 6) is -0.0878. The second-order valence-electron chi connectivity index (χ2n) is 7.38. The average Bonchev–Trinajstić information content (AvgIpc) is 2.71. The van der Waals surface area contributed by atoms with E-state index < -0.39 is 15.9 Å². The zero-order valence-electron chi connectivity index (χ0n) is 17.2. The zero-order chi connectivity index (χ0) is 21.7. The predicted octanol–water partition coefficient (Wildman–Crippen LogP) is 3.88. The lowest BCUT2D eigenvalue weighted by Gasteiger charge is -2.23. The Bertz CT molecular complexity index is 1160. The Morgan fingerprint density at radius 1 is 1.03 bits per heavy atom. The Labute approximate surface area is 177 Å². The topological polar surface area (TPSA) is 78.8 Å². The van der Waals surface area contributed by atoms with Crippen LogP contribution < -0.4 is 9.73 Å². The number of nitrogens with zero attached hydrogens (tertiary/aromatic N) is 2. The largest absolute Gasteiger partial charge is 0.271 e.